The number of nitrogens with zero attached hydrogens (tertiary/aromatic N) is 3. The van der Waals surface area contributed by atoms with Crippen LogP contribution < -0.4 is 9.62 Å². The summed E-state index contributed by atoms with van der Waals surface area (Å²) in [6, 6.07) is 5.45. The Kier molecular flexibility index (Phi) is 3.97. The molecule has 0 radical (unpaired) electrons. The van der Waals surface area contributed by atoms with Crippen molar-refractivity contribution in [2.45, 2.75) is 36.6 Å². The lowest BCUT2D eigenvalue weighted by molar-refractivity contribution is 0.465. The number of aromatic nitrogens is 2. The molecule has 2 heterocycles. The van der Waals surface area contributed by atoms with E-state index in [1.54, 1.807) is 24.7 Å². The number of sulfonamides is 1. The molecule has 4 rings (SSSR count). The average molecular weight is 344 g/mol. The molecule has 1 aliphatic heterocycles. The van der Waals surface area contributed by atoms with E-state index in [1.165, 1.54) is 17.5 Å². The Balaban J connectivity index is 1.43. The van der Waals surface area contributed by atoms with Crippen LogP contribution in [0.3, 0.4) is 0 Å². The number of hydrogen-bond acceptors (Lipinski definition) is 5. The topological polar surface area (TPSA) is 75.2 Å². The summed E-state index contributed by atoms with van der Waals surface area (Å²) in [6.45, 7) is 1.23. The molecule has 24 heavy (non-hydrogen) atoms. The van der Waals surface area contributed by atoms with Crippen LogP contribution in [0.2, 0.25) is 0 Å². The maximum absolute atomic E-state index is 12.6. The highest BCUT2D eigenvalue weighted by molar-refractivity contribution is 7.89. The van der Waals surface area contributed by atoms with Gasteiger partial charge in [0.1, 0.15) is 5.82 Å². The van der Waals surface area contributed by atoms with Crippen LogP contribution in [-0.2, 0) is 22.9 Å². The fraction of sp³-hybridized carbons (Fsp3) is 0.412. The van der Waals surface area contributed by atoms with Crippen LogP contribution in [-0.4, -0.2) is 37.5 Å². The molecule has 1 saturated heterocycles. The van der Waals surface area contributed by atoms with Gasteiger partial charge >= 0.3 is 0 Å². The van der Waals surface area contributed by atoms with Crippen molar-refractivity contribution >= 4 is 15.8 Å². The van der Waals surface area contributed by atoms with Crippen molar-refractivity contribution < 1.29 is 8.42 Å². The third-order valence-electron chi connectivity index (χ3n) is 4.71. The van der Waals surface area contributed by atoms with Gasteiger partial charge < -0.3 is 4.90 Å². The number of aryl methyl sites for hydroxylation is 2. The number of anilines is 1. The summed E-state index contributed by atoms with van der Waals surface area (Å²) in [6.07, 6.45) is 9.31. The van der Waals surface area contributed by atoms with E-state index in [-0.39, 0.29) is 6.04 Å². The Bertz CT molecular complexity index is 833. The molecule has 0 unspecified atom stereocenters. The van der Waals surface area contributed by atoms with Gasteiger partial charge in [0.15, 0.2) is 0 Å². The molecule has 6 nitrogen and oxygen atoms in total. The summed E-state index contributed by atoms with van der Waals surface area (Å²) in [5, 5.41) is 0. The van der Waals surface area contributed by atoms with Gasteiger partial charge in [-0.05, 0) is 48.9 Å². The summed E-state index contributed by atoms with van der Waals surface area (Å²) in [5.74, 6) is 0.779. The predicted molar refractivity (Wildman–Crippen MR) is 91.4 cm³/mol. The maximum Gasteiger partial charge on any atom is 0.240 e. The highest BCUT2D eigenvalue weighted by atomic mass is 32.2. The molecule has 0 atom stereocenters. The molecular weight excluding hydrogens is 324 g/mol. The average Bonchev–Trinajstić information content (AvgIpc) is 2.58. The molecular formula is C17H20N4O2S. The first-order valence-electron chi connectivity index (χ1n) is 8.27. The van der Waals surface area contributed by atoms with Gasteiger partial charge in [-0.15, -0.1) is 0 Å². The van der Waals surface area contributed by atoms with Crippen molar-refractivity contribution in [2.24, 2.45) is 0 Å². The smallest absolute Gasteiger partial charge is 0.240 e. The largest absolute Gasteiger partial charge is 0.352 e. The molecule has 1 aromatic heterocycles. The summed E-state index contributed by atoms with van der Waals surface area (Å²) in [4.78, 5) is 10.6. The van der Waals surface area contributed by atoms with Crippen molar-refractivity contribution in [2.75, 3.05) is 18.0 Å². The molecule has 126 valence electrons. The summed E-state index contributed by atoms with van der Waals surface area (Å²) >= 11 is 0. The van der Waals surface area contributed by atoms with Crippen molar-refractivity contribution in [1.29, 1.82) is 0 Å². The Morgan fingerprint density at radius 1 is 1.08 bits per heavy atom. The van der Waals surface area contributed by atoms with Gasteiger partial charge in [0.2, 0.25) is 10.0 Å². The molecule has 1 fully saturated rings. The first kappa shape index (κ1) is 15.5. The molecule has 1 aliphatic carbocycles. The van der Waals surface area contributed by atoms with Crippen LogP contribution in [0.25, 0.3) is 0 Å². The van der Waals surface area contributed by atoms with E-state index in [4.69, 9.17) is 0 Å². The van der Waals surface area contributed by atoms with Crippen molar-refractivity contribution in [3.63, 3.8) is 0 Å². The minimum Gasteiger partial charge on any atom is -0.352 e. The third-order valence-corrected chi connectivity index (χ3v) is 6.23. The molecule has 0 spiro atoms. The first-order valence-corrected chi connectivity index (χ1v) is 9.75. The summed E-state index contributed by atoms with van der Waals surface area (Å²) in [7, 11) is -3.47. The zero-order valence-electron chi connectivity index (χ0n) is 13.4. The third kappa shape index (κ3) is 3.01. The Morgan fingerprint density at radius 3 is 2.62 bits per heavy atom. The highest BCUT2D eigenvalue weighted by Gasteiger charge is 2.32. The van der Waals surface area contributed by atoms with Crippen LogP contribution >= 0.6 is 0 Å². The number of benzene rings is 1. The lowest BCUT2D eigenvalue weighted by Gasteiger charge is -2.39. The summed E-state index contributed by atoms with van der Waals surface area (Å²) in [5.41, 5.74) is 2.47. The van der Waals surface area contributed by atoms with E-state index in [0.717, 1.165) is 25.1 Å². The lowest BCUT2D eigenvalue weighted by Crippen LogP contribution is -2.59. The lowest BCUT2D eigenvalue weighted by atomic mass is 9.92. The van der Waals surface area contributed by atoms with E-state index in [1.807, 2.05) is 17.0 Å². The first-order chi connectivity index (χ1) is 11.6. The van der Waals surface area contributed by atoms with Gasteiger partial charge in [0, 0.05) is 25.5 Å². The number of rotatable bonds is 4. The predicted octanol–water partition coefficient (Wildman–Crippen LogP) is 1.52. The molecule has 2 aliphatic rings. The van der Waals surface area contributed by atoms with Gasteiger partial charge in [-0.3, -0.25) is 4.98 Å². The van der Waals surface area contributed by atoms with Gasteiger partial charge in [-0.25, -0.2) is 18.1 Å². The minimum absolute atomic E-state index is 0.0898. The zero-order chi connectivity index (χ0) is 16.6. The van der Waals surface area contributed by atoms with Crippen LogP contribution in [0.5, 0.6) is 0 Å². The second-order valence-electron chi connectivity index (χ2n) is 6.42. The fourth-order valence-electron chi connectivity index (χ4n) is 3.36. The number of fused-ring (bicyclic) bond motifs is 1. The Labute approximate surface area is 142 Å². The quantitative estimate of drug-likeness (QED) is 0.910. The van der Waals surface area contributed by atoms with Crippen molar-refractivity contribution in [1.82, 2.24) is 14.7 Å². The van der Waals surface area contributed by atoms with E-state index in [9.17, 15) is 8.42 Å². The highest BCUT2D eigenvalue weighted by Crippen LogP contribution is 2.25. The Morgan fingerprint density at radius 2 is 1.88 bits per heavy atom. The van der Waals surface area contributed by atoms with Crippen LogP contribution in [0.1, 0.15) is 24.0 Å². The van der Waals surface area contributed by atoms with E-state index >= 15 is 0 Å². The fourth-order valence-corrected chi connectivity index (χ4v) is 4.63. The van der Waals surface area contributed by atoms with Crippen LogP contribution in [0, 0.1) is 0 Å². The van der Waals surface area contributed by atoms with Crippen LogP contribution in [0.15, 0.2) is 41.7 Å². The molecule has 2 aromatic rings. The maximum atomic E-state index is 12.6. The SMILES string of the molecule is O=S(=O)(NC1CN(c2cnccn2)C1)c1ccc2c(c1)CCCC2. The monoisotopic (exact) mass is 344 g/mol. The molecule has 1 aromatic carbocycles. The molecule has 0 bridgehead atoms. The van der Waals surface area contributed by atoms with Gasteiger partial charge in [-0.2, -0.15) is 0 Å². The normalized spacial score (nSPS) is 18.1. The van der Waals surface area contributed by atoms with E-state index < -0.39 is 10.0 Å². The molecule has 0 saturated carbocycles. The number of hydrogen-bond donors (Lipinski definition) is 1. The van der Waals surface area contributed by atoms with Crippen molar-refractivity contribution in [3.05, 3.63) is 47.9 Å². The molecule has 7 heteroatoms. The van der Waals surface area contributed by atoms with Gasteiger partial charge in [0.25, 0.3) is 0 Å². The molecule has 1 N–H and O–H groups in total. The summed E-state index contributed by atoms with van der Waals surface area (Å²) < 4.78 is 28.0. The Hall–Kier alpha value is -1.99. The van der Waals surface area contributed by atoms with Gasteiger partial charge in [0.05, 0.1) is 17.1 Å². The second kappa shape index (κ2) is 6.14. The standard InChI is InChI=1S/C17H20N4O2S/c22-24(23,16-6-5-13-3-1-2-4-14(13)9-16)20-15-11-21(12-15)17-10-18-7-8-19-17/h5-10,15,20H,1-4,11-12H2. The zero-order valence-corrected chi connectivity index (χ0v) is 14.2. The van der Waals surface area contributed by atoms with Gasteiger partial charge in [-0.1, -0.05) is 6.07 Å². The van der Waals surface area contributed by atoms with Crippen LogP contribution in [0.4, 0.5) is 5.82 Å². The second-order valence-corrected chi connectivity index (χ2v) is 8.14. The van der Waals surface area contributed by atoms with E-state index in [0.29, 0.717) is 18.0 Å². The minimum atomic E-state index is -3.47. The van der Waals surface area contributed by atoms with E-state index in [2.05, 4.69) is 14.7 Å². The molecule has 0 amide bonds. The number of nitrogens with one attached hydrogen (secondary N) is 1. The van der Waals surface area contributed by atoms with Crippen molar-refractivity contribution in [3.8, 4) is 0 Å².